The van der Waals surface area contributed by atoms with Crippen LogP contribution in [0.15, 0.2) is 36.4 Å². The van der Waals surface area contributed by atoms with Crippen LogP contribution in [0.25, 0.3) is 11.3 Å². The molecule has 2 N–H and O–H groups in total. The van der Waals surface area contributed by atoms with Gasteiger partial charge >= 0.3 is 12.4 Å². The molecule has 154 valence electrons. The van der Waals surface area contributed by atoms with Crippen LogP contribution in [-0.4, -0.2) is 29.4 Å². The van der Waals surface area contributed by atoms with Crippen molar-refractivity contribution in [3.05, 3.63) is 53.2 Å². The molecule has 9 heteroatoms. The van der Waals surface area contributed by atoms with E-state index < -0.39 is 36.1 Å². The lowest BCUT2D eigenvalue weighted by molar-refractivity contribution is -0.142. The van der Waals surface area contributed by atoms with Gasteiger partial charge in [-0.3, -0.25) is 0 Å². The van der Waals surface area contributed by atoms with Crippen LogP contribution < -0.4 is 5.32 Å². The minimum atomic E-state index is -4.78. The molecule has 1 heterocycles. The van der Waals surface area contributed by atoms with Crippen LogP contribution >= 0.6 is 0 Å². The summed E-state index contributed by atoms with van der Waals surface area (Å²) in [5.41, 5.74) is -0.0749. The average molecular weight is 406 g/mol. The van der Waals surface area contributed by atoms with E-state index in [1.807, 2.05) is 6.92 Å². The maximum Gasteiger partial charge on any atom is 0.433 e. The van der Waals surface area contributed by atoms with Crippen molar-refractivity contribution in [2.24, 2.45) is 0 Å². The van der Waals surface area contributed by atoms with Gasteiger partial charge in [-0.1, -0.05) is 35.9 Å². The van der Waals surface area contributed by atoms with Crippen molar-refractivity contribution in [3.8, 4) is 11.3 Å². The zero-order valence-electron chi connectivity index (χ0n) is 15.0. The molecule has 0 amide bonds. The number of rotatable bonds is 7. The van der Waals surface area contributed by atoms with Gasteiger partial charge in [0, 0.05) is 24.1 Å². The molecule has 0 saturated heterocycles. The van der Waals surface area contributed by atoms with Gasteiger partial charge in [-0.2, -0.15) is 26.3 Å². The van der Waals surface area contributed by atoms with Crippen molar-refractivity contribution in [2.75, 3.05) is 13.1 Å². The van der Waals surface area contributed by atoms with E-state index in [1.54, 1.807) is 24.3 Å². The number of aliphatic hydroxyl groups excluding tert-OH is 1. The molecule has 1 unspecified atom stereocenters. The van der Waals surface area contributed by atoms with Crippen molar-refractivity contribution in [1.82, 2.24) is 10.3 Å². The van der Waals surface area contributed by atoms with Crippen LogP contribution in [0.3, 0.4) is 0 Å². The lowest BCUT2D eigenvalue weighted by Crippen LogP contribution is -2.26. The van der Waals surface area contributed by atoms with Gasteiger partial charge in [0.25, 0.3) is 0 Å². The van der Waals surface area contributed by atoms with Gasteiger partial charge in [0.15, 0.2) is 5.69 Å². The first-order chi connectivity index (χ1) is 13.0. The summed E-state index contributed by atoms with van der Waals surface area (Å²) in [5.74, 6) is 0. The molecule has 1 atom stereocenters. The molecule has 2 aromatic rings. The third kappa shape index (κ3) is 6.49. The SMILES string of the molecule is Cc1ccc(-c2ccc(C(O)CNCCCC(F)(F)F)c(C(F)(F)F)n2)cc1. The molecule has 0 fully saturated rings. The number of nitrogens with zero attached hydrogens (tertiary/aromatic N) is 1. The number of hydrogen-bond acceptors (Lipinski definition) is 3. The predicted molar refractivity (Wildman–Crippen MR) is 92.5 cm³/mol. The number of pyridine rings is 1. The summed E-state index contributed by atoms with van der Waals surface area (Å²) in [5, 5.41) is 12.6. The molecule has 1 aromatic heterocycles. The number of halogens is 6. The van der Waals surface area contributed by atoms with Crippen molar-refractivity contribution in [1.29, 1.82) is 0 Å². The fraction of sp³-hybridized carbons (Fsp3) is 0.421. The highest BCUT2D eigenvalue weighted by molar-refractivity contribution is 5.60. The number of aryl methyl sites for hydroxylation is 1. The molecule has 0 spiro atoms. The normalized spacial score (nSPS) is 13.6. The third-order valence-corrected chi connectivity index (χ3v) is 4.05. The topological polar surface area (TPSA) is 45.1 Å². The van der Waals surface area contributed by atoms with E-state index in [4.69, 9.17) is 0 Å². The van der Waals surface area contributed by atoms with E-state index in [1.165, 1.54) is 6.07 Å². The van der Waals surface area contributed by atoms with Crippen molar-refractivity contribution in [3.63, 3.8) is 0 Å². The first kappa shape index (κ1) is 22.2. The Morgan fingerprint density at radius 1 is 1.00 bits per heavy atom. The van der Waals surface area contributed by atoms with Gasteiger partial charge in [0.2, 0.25) is 0 Å². The summed E-state index contributed by atoms with van der Waals surface area (Å²) >= 11 is 0. The Morgan fingerprint density at radius 3 is 2.21 bits per heavy atom. The summed E-state index contributed by atoms with van der Waals surface area (Å²) in [6.45, 7) is 1.46. The van der Waals surface area contributed by atoms with E-state index in [0.717, 1.165) is 11.6 Å². The summed E-state index contributed by atoms with van der Waals surface area (Å²) in [6, 6.07) is 9.32. The second-order valence-electron chi connectivity index (χ2n) is 6.44. The third-order valence-electron chi connectivity index (χ3n) is 4.05. The highest BCUT2D eigenvalue weighted by Gasteiger charge is 2.37. The first-order valence-corrected chi connectivity index (χ1v) is 8.58. The van der Waals surface area contributed by atoms with Crippen LogP contribution in [0.4, 0.5) is 26.3 Å². The van der Waals surface area contributed by atoms with Crippen LogP contribution in [0.5, 0.6) is 0 Å². The molecular weight excluding hydrogens is 386 g/mol. The largest absolute Gasteiger partial charge is 0.433 e. The molecule has 0 aliphatic carbocycles. The van der Waals surface area contributed by atoms with Gasteiger partial charge in [0.1, 0.15) is 0 Å². The maximum atomic E-state index is 13.4. The number of hydrogen-bond donors (Lipinski definition) is 2. The molecule has 3 nitrogen and oxygen atoms in total. The highest BCUT2D eigenvalue weighted by atomic mass is 19.4. The van der Waals surface area contributed by atoms with E-state index >= 15 is 0 Å². The van der Waals surface area contributed by atoms with Crippen LogP contribution in [0.1, 0.15) is 35.8 Å². The number of benzene rings is 1. The molecule has 0 radical (unpaired) electrons. The van der Waals surface area contributed by atoms with E-state index in [2.05, 4.69) is 10.3 Å². The second kappa shape index (κ2) is 8.91. The van der Waals surface area contributed by atoms with Gasteiger partial charge in [-0.25, -0.2) is 4.98 Å². The van der Waals surface area contributed by atoms with Crippen molar-refractivity contribution in [2.45, 2.75) is 38.2 Å². The minimum Gasteiger partial charge on any atom is -0.387 e. The maximum absolute atomic E-state index is 13.4. The lowest BCUT2D eigenvalue weighted by atomic mass is 10.0. The number of nitrogens with one attached hydrogen (secondary N) is 1. The summed E-state index contributed by atoms with van der Waals surface area (Å²) in [4.78, 5) is 3.68. The standard InChI is InChI=1S/C19H20F6N2O/c1-12-3-5-13(6-4-12)15-8-7-14(17(27-15)19(23,24)25)16(28)11-26-10-2-9-18(20,21)22/h3-8,16,26,28H,2,9-11H2,1H3. The van der Waals surface area contributed by atoms with E-state index in [9.17, 15) is 31.4 Å². The van der Waals surface area contributed by atoms with Crippen LogP contribution in [-0.2, 0) is 6.18 Å². The second-order valence-corrected chi connectivity index (χ2v) is 6.44. The van der Waals surface area contributed by atoms with Crippen molar-refractivity contribution >= 4 is 0 Å². The Hall–Kier alpha value is -2.13. The molecule has 1 aromatic carbocycles. The molecule has 28 heavy (non-hydrogen) atoms. The van der Waals surface area contributed by atoms with E-state index in [-0.39, 0.29) is 25.2 Å². The molecular formula is C19H20F6N2O. The molecule has 0 aliphatic rings. The summed E-state index contributed by atoms with van der Waals surface area (Å²) in [6.07, 6.45) is -11.9. The Labute approximate surface area is 158 Å². The highest BCUT2D eigenvalue weighted by Crippen LogP contribution is 2.35. The quantitative estimate of drug-likeness (QED) is 0.500. The van der Waals surface area contributed by atoms with Crippen LogP contribution in [0.2, 0.25) is 0 Å². The molecule has 0 saturated carbocycles. The fourth-order valence-electron chi connectivity index (χ4n) is 2.61. The summed E-state index contributed by atoms with van der Waals surface area (Å²) < 4.78 is 76.5. The fourth-order valence-corrected chi connectivity index (χ4v) is 2.61. The number of aliphatic hydroxyl groups is 1. The Morgan fingerprint density at radius 2 is 1.64 bits per heavy atom. The molecule has 0 bridgehead atoms. The Bertz CT molecular complexity index is 771. The zero-order valence-corrected chi connectivity index (χ0v) is 15.0. The zero-order chi connectivity index (χ0) is 20.9. The molecule has 2 rings (SSSR count). The predicted octanol–water partition coefficient (Wildman–Crippen LogP) is 5.04. The number of aromatic nitrogens is 1. The minimum absolute atomic E-state index is 0.0766. The van der Waals surface area contributed by atoms with Gasteiger partial charge < -0.3 is 10.4 Å². The first-order valence-electron chi connectivity index (χ1n) is 8.58. The summed E-state index contributed by atoms with van der Waals surface area (Å²) in [7, 11) is 0. The van der Waals surface area contributed by atoms with Crippen LogP contribution in [0, 0.1) is 6.92 Å². The van der Waals surface area contributed by atoms with Gasteiger partial charge in [-0.15, -0.1) is 0 Å². The average Bonchev–Trinajstić information content (AvgIpc) is 2.59. The Balaban J connectivity index is 2.13. The van der Waals surface area contributed by atoms with Gasteiger partial charge in [-0.05, 0) is 26.0 Å². The van der Waals surface area contributed by atoms with Gasteiger partial charge in [0.05, 0.1) is 11.8 Å². The Kier molecular flexibility index (Phi) is 7.06. The lowest BCUT2D eigenvalue weighted by Gasteiger charge is -2.18. The van der Waals surface area contributed by atoms with E-state index in [0.29, 0.717) is 5.56 Å². The van der Waals surface area contributed by atoms with Crippen molar-refractivity contribution < 1.29 is 31.4 Å². The molecule has 0 aliphatic heterocycles. The smallest absolute Gasteiger partial charge is 0.387 e. The number of alkyl halides is 6. The monoisotopic (exact) mass is 406 g/mol.